The van der Waals surface area contributed by atoms with Crippen LogP contribution in [0.5, 0.6) is 5.75 Å². The third-order valence-electron chi connectivity index (χ3n) is 3.74. The van der Waals surface area contributed by atoms with Crippen molar-refractivity contribution < 1.29 is 9.84 Å². The van der Waals surface area contributed by atoms with Crippen LogP contribution < -0.4 is 10.1 Å². The van der Waals surface area contributed by atoms with Crippen molar-refractivity contribution in [2.45, 2.75) is 44.2 Å². The molecule has 0 bridgehead atoms. The number of rotatable bonds is 6. The van der Waals surface area contributed by atoms with Crippen LogP contribution in [-0.4, -0.2) is 30.4 Å². The quantitative estimate of drug-likeness (QED) is 0.803. The van der Waals surface area contributed by atoms with Gasteiger partial charge in [-0.15, -0.1) is 0 Å². The first-order chi connectivity index (χ1) is 8.81. The molecule has 1 aromatic rings. The van der Waals surface area contributed by atoms with Gasteiger partial charge in [-0.1, -0.05) is 12.1 Å². The Balaban J connectivity index is 1.46. The van der Waals surface area contributed by atoms with Crippen molar-refractivity contribution in [1.82, 2.24) is 5.32 Å². The Labute approximate surface area is 108 Å². The summed E-state index contributed by atoms with van der Waals surface area (Å²) in [6.07, 6.45) is 5.12. The summed E-state index contributed by atoms with van der Waals surface area (Å²) in [5.41, 5.74) is 2.63. The van der Waals surface area contributed by atoms with E-state index in [0.717, 1.165) is 38.2 Å². The molecule has 1 aliphatic heterocycles. The normalized spacial score (nSPS) is 19.4. The first-order valence-electron chi connectivity index (χ1n) is 6.97. The predicted octanol–water partition coefficient (Wildman–Crippen LogP) is 1.67. The van der Waals surface area contributed by atoms with E-state index in [0.29, 0.717) is 6.04 Å². The molecule has 0 spiro atoms. The topological polar surface area (TPSA) is 41.5 Å². The van der Waals surface area contributed by atoms with E-state index in [1.54, 1.807) is 0 Å². The number of hydrogen-bond donors (Lipinski definition) is 2. The summed E-state index contributed by atoms with van der Waals surface area (Å²) in [7, 11) is 0. The van der Waals surface area contributed by atoms with Crippen LogP contribution in [0.3, 0.4) is 0 Å². The molecule has 0 amide bonds. The molecule has 1 aliphatic carbocycles. The molecule has 1 saturated carbocycles. The summed E-state index contributed by atoms with van der Waals surface area (Å²) in [6.45, 7) is 1.55. The second-order valence-electron chi connectivity index (χ2n) is 5.42. The molecular formula is C15H21NO2. The molecule has 3 rings (SSSR count). The Hall–Kier alpha value is -1.06. The Morgan fingerprint density at radius 1 is 1.39 bits per heavy atom. The van der Waals surface area contributed by atoms with Crippen LogP contribution in [-0.2, 0) is 12.8 Å². The molecule has 2 N–H and O–H groups in total. The fourth-order valence-corrected chi connectivity index (χ4v) is 2.42. The lowest BCUT2D eigenvalue weighted by atomic mass is 10.0. The Morgan fingerprint density at radius 3 is 3.11 bits per heavy atom. The zero-order valence-electron chi connectivity index (χ0n) is 10.7. The monoisotopic (exact) mass is 247 g/mol. The van der Waals surface area contributed by atoms with E-state index < -0.39 is 0 Å². The Kier molecular flexibility index (Phi) is 3.52. The standard InChI is InChI=1S/C15H21NO2/c17-14(10-16-13-3-4-13)5-1-11-2-6-15-12(9-11)7-8-18-15/h2,6,9,13-14,16-17H,1,3-5,7-8,10H2. The molecule has 3 nitrogen and oxygen atoms in total. The van der Waals surface area contributed by atoms with E-state index in [4.69, 9.17) is 4.74 Å². The SMILES string of the molecule is OC(CCc1ccc2c(c1)CCO2)CNC1CC1. The third kappa shape index (κ3) is 3.03. The molecule has 98 valence electrons. The Morgan fingerprint density at radius 2 is 2.28 bits per heavy atom. The highest BCUT2D eigenvalue weighted by Gasteiger charge is 2.21. The maximum atomic E-state index is 9.89. The molecule has 1 unspecified atom stereocenters. The van der Waals surface area contributed by atoms with Crippen molar-refractivity contribution in [3.8, 4) is 5.75 Å². The van der Waals surface area contributed by atoms with Crippen molar-refractivity contribution >= 4 is 0 Å². The van der Waals surface area contributed by atoms with E-state index in [-0.39, 0.29) is 6.10 Å². The van der Waals surface area contributed by atoms with Crippen LogP contribution in [0.2, 0.25) is 0 Å². The molecule has 2 aliphatic rings. The first kappa shape index (κ1) is 12.0. The van der Waals surface area contributed by atoms with Crippen molar-refractivity contribution in [3.63, 3.8) is 0 Å². The van der Waals surface area contributed by atoms with E-state index in [2.05, 4.69) is 23.5 Å². The largest absolute Gasteiger partial charge is 0.493 e. The molecule has 1 heterocycles. The minimum atomic E-state index is -0.227. The summed E-state index contributed by atoms with van der Waals surface area (Å²) in [5, 5.41) is 13.3. The molecule has 0 radical (unpaired) electrons. The average Bonchev–Trinajstić information content (AvgIpc) is 3.10. The minimum Gasteiger partial charge on any atom is -0.493 e. The maximum absolute atomic E-state index is 9.89. The highest BCUT2D eigenvalue weighted by molar-refractivity contribution is 5.39. The zero-order valence-corrected chi connectivity index (χ0v) is 10.7. The van der Waals surface area contributed by atoms with Crippen molar-refractivity contribution in [3.05, 3.63) is 29.3 Å². The van der Waals surface area contributed by atoms with Crippen LogP contribution in [0, 0.1) is 0 Å². The number of aliphatic hydroxyl groups is 1. The van der Waals surface area contributed by atoms with Gasteiger partial charge in [0.1, 0.15) is 5.75 Å². The lowest BCUT2D eigenvalue weighted by Gasteiger charge is -2.11. The molecule has 3 heteroatoms. The van der Waals surface area contributed by atoms with Gasteiger partial charge in [-0.2, -0.15) is 0 Å². The fraction of sp³-hybridized carbons (Fsp3) is 0.600. The first-order valence-corrected chi connectivity index (χ1v) is 6.97. The van der Waals surface area contributed by atoms with E-state index in [1.807, 2.05) is 0 Å². The summed E-state index contributed by atoms with van der Waals surface area (Å²) in [4.78, 5) is 0. The number of nitrogens with one attached hydrogen (secondary N) is 1. The number of hydrogen-bond acceptors (Lipinski definition) is 3. The van der Waals surface area contributed by atoms with Crippen molar-refractivity contribution in [2.75, 3.05) is 13.2 Å². The molecule has 0 aromatic heterocycles. The van der Waals surface area contributed by atoms with Gasteiger partial charge >= 0.3 is 0 Å². The number of aliphatic hydroxyl groups excluding tert-OH is 1. The van der Waals surface area contributed by atoms with Crippen LogP contribution in [0.25, 0.3) is 0 Å². The van der Waals surface area contributed by atoms with Gasteiger partial charge in [-0.3, -0.25) is 0 Å². The van der Waals surface area contributed by atoms with Gasteiger partial charge in [-0.05, 0) is 42.9 Å². The Bertz CT molecular complexity index is 415. The van der Waals surface area contributed by atoms with Crippen molar-refractivity contribution in [1.29, 1.82) is 0 Å². The number of benzene rings is 1. The summed E-state index contributed by atoms with van der Waals surface area (Å²) in [6, 6.07) is 7.08. The number of ether oxygens (including phenoxy) is 1. The third-order valence-corrected chi connectivity index (χ3v) is 3.74. The van der Waals surface area contributed by atoms with Crippen LogP contribution in [0.1, 0.15) is 30.4 Å². The van der Waals surface area contributed by atoms with Gasteiger partial charge in [0.15, 0.2) is 0 Å². The van der Waals surface area contributed by atoms with E-state index >= 15 is 0 Å². The van der Waals surface area contributed by atoms with E-state index in [1.165, 1.54) is 24.0 Å². The summed E-state index contributed by atoms with van der Waals surface area (Å²) < 4.78 is 5.49. The maximum Gasteiger partial charge on any atom is 0.122 e. The second kappa shape index (κ2) is 5.29. The highest BCUT2D eigenvalue weighted by atomic mass is 16.5. The molecule has 0 saturated heterocycles. The van der Waals surface area contributed by atoms with Crippen LogP contribution in [0.15, 0.2) is 18.2 Å². The molecule has 1 atom stereocenters. The lowest BCUT2D eigenvalue weighted by Crippen LogP contribution is -2.28. The van der Waals surface area contributed by atoms with E-state index in [9.17, 15) is 5.11 Å². The molecular weight excluding hydrogens is 226 g/mol. The summed E-state index contributed by atoms with van der Waals surface area (Å²) >= 11 is 0. The second-order valence-corrected chi connectivity index (χ2v) is 5.42. The molecule has 1 fully saturated rings. The number of aryl methyl sites for hydroxylation is 1. The van der Waals surface area contributed by atoms with Crippen molar-refractivity contribution in [2.24, 2.45) is 0 Å². The number of fused-ring (bicyclic) bond motifs is 1. The van der Waals surface area contributed by atoms with Gasteiger partial charge in [0.25, 0.3) is 0 Å². The molecule has 1 aromatic carbocycles. The van der Waals surface area contributed by atoms with Crippen LogP contribution in [0.4, 0.5) is 0 Å². The average molecular weight is 247 g/mol. The predicted molar refractivity (Wildman–Crippen MR) is 71.0 cm³/mol. The van der Waals surface area contributed by atoms with Crippen LogP contribution >= 0.6 is 0 Å². The lowest BCUT2D eigenvalue weighted by molar-refractivity contribution is 0.161. The van der Waals surface area contributed by atoms with Gasteiger partial charge in [0.2, 0.25) is 0 Å². The smallest absolute Gasteiger partial charge is 0.122 e. The van der Waals surface area contributed by atoms with Gasteiger partial charge in [-0.25, -0.2) is 0 Å². The van der Waals surface area contributed by atoms with Gasteiger partial charge in [0.05, 0.1) is 12.7 Å². The van der Waals surface area contributed by atoms with Gasteiger partial charge in [0, 0.05) is 19.0 Å². The zero-order chi connectivity index (χ0) is 12.4. The van der Waals surface area contributed by atoms with Gasteiger partial charge < -0.3 is 15.2 Å². The summed E-state index contributed by atoms with van der Waals surface area (Å²) in [5.74, 6) is 1.04. The highest BCUT2D eigenvalue weighted by Crippen LogP contribution is 2.26. The molecule has 18 heavy (non-hydrogen) atoms. The minimum absolute atomic E-state index is 0.227. The fourth-order valence-electron chi connectivity index (χ4n) is 2.42.